The lowest BCUT2D eigenvalue weighted by Gasteiger charge is -2.38. The molecule has 9 nitrogen and oxygen atoms in total. The predicted molar refractivity (Wildman–Crippen MR) is 145 cm³/mol. The van der Waals surface area contributed by atoms with Gasteiger partial charge in [0.1, 0.15) is 12.2 Å². The Morgan fingerprint density at radius 1 is 1.10 bits per heavy atom. The zero-order chi connectivity index (χ0) is 28.0. The molecular formula is C29H32BrNO8. The molecule has 2 aliphatic heterocycles. The summed E-state index contributed by atoms with van der Waals surface area (Å²) in [6, 6.07) is 17.6. The van der Waals surface area contributed by atoms with Crippen LogP contribution in [0.15, 0.2) is 71.2 Å². The van der Waals surface area contributed by atoms with Crippen LogP contribution in [0.4, 0.5) is 4.79 Å². The van der Waals surface area contributed by atoms with Crippen molar-refractivity contribution in [3.05, 3.63) is 82.3 Å². The molecule has 0 bridgehead atoms. The third-order valence-corrected chi connectivity index (χ3v) is 7.75. The van der Waals surface area contributed by atoms with Gasteiger partial charge in [-0.25, -0.2) is 9.69 Å². The van der Waals surface area contributed by atoms with Gasteiger partial charge in [-0.1, -0.05) is 60.7 Å². The van der Waals surface area contributed by atoms with Gasteiger partial charge in [0.05, 0.1) is 29.7 Å². The molecule has 0 aromatic heterocycles. The number of aliphatic hydroxyl groups is 2. The number of carbonyl (C=O) groups is 3. The van der Waals surface area contributed by atoms with E-state index in [2.05, 4.69) is 15.9 Å². The van der Waals surface area contributed by atoms with Crippen LogP contribution in [0.5, 0.6) is 0 Å². The number of rotatable bonds is 11. The summed E-state index contributed by atoms with van der Waals surface area (Å²) in [4.78, 5) is 41.3. The molecule has 5 atom stereocenters. The van der Waals surface area contributed by atoms with E-state index in [-0.39, 0.29) is 37.1 Å². The summed E-state index contributed by atoms with van der Waals surface area (Å²) in [5.41, 5.74) is 1.52. The van der Waals surface area contributed by atoms with Crippen LogP contribution in [0.1, 0.15) is 37.0 Å². The summed E-state index contributed by atoms with van der Waals surface area (Å²) in [6.07, 6.45) is -1.03. The number of aliphatic hydroxyl groups excluding tert-OH is 1. The Kier molecular flexibility index (Phi) is 9.68. The highest BCUT2D eigenvalue weighted by Gasteiger charge is 2.51. The SMILES string of the molecule is C[C@@H]1[C@H](c2ccccc2)OC(=O)N1C(=O)[C@H](Cc1ccccc1)[C@H]1O[C@@](O)(CCCOCCO)C(Br)=CC1=O. The number of imide groups is 1. The first-order valence-corrected chi connectivity index (χ1v) is 13.7. The largest absolute Gasteiger partial charge is 0.439 e. The van der Waals surface area contributed by atoms with E-state index in [9.17, 15) is 19.5 Å². The Bertz CT molecular complexity index is 1190. The smallest absolute Gasteiger partial charge is 0.417 e. The van der Waals surface area contributed by atoms with Crippen LogP contribution in [-0.4, -0.2) is 70.7 Å². The number of benzene rings is 2. The van der Waals surface area contributed by atoms with Gasteiger partial charge in [0.25, 0.3) is 0 Å². The minimum atomic E-state index is -1.87. The molecule has 2 aromatic carbocycles. The Hall–Kier alpha value is -2.89. The summed E-state index contributed by atoms with van der Waals surface area (Å²) in [5, 5.41) is 20.2. The number of halogens is 1. The highest BCUT2D eigenvalue weighted by Crippen LogP contribution is 2.39. The number of amides is 2. The number of carbonyl (C=O) groups excluding carboxylic acids is 3. The number of hydrogen-bond donors (Lipinski definition) is 2. The summed E-state index contributed by atoms with van der Waals surface area (Å²) >= 11 is 3.25. The lowest BCUT2D eigenvalue weighted by atomic mass is 9.87. The van der Waals surface area contributed by atoms with Crippen molar-refractivity contribution in [3.63, 3.8) is 0 Å². The van der Waals surface area contributed by atoms with Crippen molar-refractivity contribution >= 4 is 33.7 Å². The summed E-state index contributed by atoms with van der Waals surface area (Å²) in [5.74, 6) is -4.11. The predicted octanol–water partition coefficient (Wildman–Crippen LogP) is 3.68. The molecule has 2 aliphatic rings. The molecule has 2 N–H and O–H groups in total. The average Bonchev–Trinajstić information content (AvgIpc) is 3.24. The molecule has 0 unspecified atom stereocenters. The fraction of sp³-hybridized carbons (Fsp3) is 0.414. The highest BCUT2D eigenvalue weighted by molar-refractivity contribution is 9.11. The molecule has 10 heteroatoms. The van der Waals surface area contributed by atoms with Gasteiger partial charge in [0, 0.05) is 13.0 Å². The van der Waals surface area contributed by atoms with Crippen LogP contribution >= 0.6 is 15.9 Å². The molecule has 0 spiro atoms. The van der Waals surface area contributed by atoms with Crippen LogP contribution in [-0.2, 0) is 30.2 Å². The second kappa shape index (κ2) is 13.0. The molecule has 1 fully saturated rings. The van der Waals surface area contributed by atoms with E-state index >= 15 is 0 Å². The summed E-state index contributed by atoms with van der Waals surface area (Å²) in [6.45, 7) is 2.03. The quantitative estimate of drug-likeness (QED) is 0.374. The van der Waals surface area contributed by atoms with E-state index in [0.717, 1.165) is 16.0 Å². The fourth-order valence-electron chi connectivity index (χ4n) is 4.90. The molecule has 2 heterocycles. The molecule has 39 heavy (non-hydrogen) atoms. The van der Waals surface area contributed by atoms with Crippen LogP contribution in [0.3, 0.4) is 0 Å². The molecule has 1 saturated heterocycles. The first-order valence-electron chi connectivity index (χ1n) is 12.9. The van der Waals surface area contributed by atoms with E-state index in [0.29, 0.717) is 6.42 Å². The third kappa shape index (κ3) is 6.64. The van der Waals surface area contributed by atoms with Crippen LogP contribution in [0.25, 0.3) is 0 Å². The van der Waals surface area contributed by atoms with Crippen molar-refractivity contribution < 1.29 is 38.8 Å². The number of ether oxygens (including phenoxy) is 3. The van der Waals surface area contributed by atoms with Crippen molar-refractivity contribution in [1.82, 2.24) is 4.90 Å². The Morgan fingerprint density at radius 3 is 2.44 bits per heavy atom. The highest BCUT2D eigenvalue weighted by atomic mass is 79.9. The normalized spacial score (nSPS) is 25.8. The third-order valence-electron chi connectivity index (χ3n) is 6.90. The molecule has 208 valence electrons. The molecule has 2 aromatic rings. The van der Waals surface area contributed by atoms with E-state index in [1.165, 1.54) is 6.08 Å². The van der Waals surface area contributed by atoms with E-state index in [4.69, 9.17) is 19.3 Å². The van der Waals surface area contributed by atoms with E-state index < -0.39 is 47.7 Å². The van der Waals surface area contributed by atoms with Gasteiger partial charge in [-0.3, -0.25) is 9.59 Å². The monoisotopic (exact) mass is 601 g/mol. The zero-order valence-electron chi connectivity index (χ0n) is 21.6. The standard InChI is InChI=1S/C29H32BrNO8/c1-19-25(21-11-6-3-7-12-21)38-28(35)31(19)27(34)22(17-20-9-4-2-5-10-20)26-23(33)18-24(30)29(36,39-26)13-8-15-37-16-14-32/h2-7,9-12,18-19,22,25-26,32,36H,8,13-17H2,1H3/t19-,22-,25-,26-,29+/m1/s1. The Balaban J connectivity index is 1.61. The number of ketones is 1. The van der Waals surface area contributed by atoms with Gasteiger partial charge in [-0.2, -0.15) is 0 Å². The van der Waals surface area contributed by atoms with Crippen molar-refractivity contribution in [1.29, 1.82) is 0 Å². The topological polar surface area (TPSA) is 123 Å². The maximum absolute atomic E-state index is 14.1. The molecule has 0 radical (unpaired) electrons. The Labute approximate surface area is 235 Å². The van der Waals surface area contributed by atoms with Crippen LogP contribution in [0.2, 0.25) is 0 Å². The first-order chi connectivity index (χ1) is 18.7. The number of nitrogens with zero attached hydrogens (tertiary/aromatic N) is 1. The van der Waals surface area contributed by atoms with Crippen molar-refractivity contribution in [2.24, 2.45) is 5.92 Å². The average molecular weight is 602 g/mol. The number of hydrogen-bond acceptors (Lipinski definition) is 8. The molecule has 2 amide bonds. The lowest BCUT2D eigenvalue weighted by Crippen LogP contribution is -2.53. The van der Waals surface area contributed by atoms with Gasteiger partial charge < -0.3 is 24.4 Å². The maximum Gasteiger partial charge on any atom is 0.417 e. The van der Waals surface area contributed by atoms with Gasteiger partial charge in [-0.05, 0) is 52.9 Å². The summed E-state index contributed by atoms with van der Waals surface area (Å²) in [7, 11) is 0. The van der Waals surface area contributed by atoms with E-state index in [1.807, 2.05) is 60.7 Å². The minimum Gasteiger partial charge on any atom is -0.439 e. The first kappa shape index (κ1) is 29.1. The van der Waals surface area contributed by atoms with Crippen molar-refractivity contribution in [3.8, 4) is 0 Å². The summed E-state index contributed by atoms with van der Waals surface area (Å²) < 4.78 is 17.0. The van der Waals surface area contributed by atoms with Crippen molar-refractivity contribution in [2.75, 3.05) is 19.8 Å². The molecule has 0 aliphatic carbocycles. The van der Waals surface area contributed by atoms with Gasteiger partial charge in [0.15, 0.2) is 11.6 Å². The molecular weight excluding hydrogens is 570 g/mol. The van der Waals surface area contributed by atoms with E-state index in [1.54, 1.807) is 6.92 Å². The minimum absolute atomic E-state index is 0.0732. The lowest BCUT2D eigenvalue weighted by molar-refractivity contribution is -0.218. The second-order valence-electron chi connectivity index (χ2n) is 9.62. The van der Waals surface area contributed by atoms with Crippen molar-refractivity contribution in [2.45, 2.75) is 50.2 Å². The second-order valence-corrected chi connectivity index (χ2v) is 10.5. The fourth-order valence-corrected chi connectivity index (χ4v) is 5.42. The van der Waals surface area contributed by atoms with Gasteiger partial charge in [-0.15, -0.1) is 0 Å². The maximum atomic E-state index is 14.1. The van der Waals surface area contributed by atoms with Gasteiger partial charge in [0.2, 0.25) is 5.91 Å². The molecule has 0 saturated carbocycles. The molecule has 4 rings (SSSR count). The number of cyclic esters (lactones) is 1. The zero-order valence-corrected chi connectivity index (χ0v) is 23.2. The van der Waals surface area contributed by atoms with Gasteiger partial charge >= 0.3 is 6.09 Å². The van der Waals surface area contributed by atoms with Crippen LogP contribution in [0, 0.1) is 5.92 Å². The van der Waals surface area contributed by atoms with Crippen LogP contribution < -0.4 is 0 Å². The Morgan fingerprint density at radius 2 is 1.77 bits per heavy atom.